The van der Waals surface area contributed by atoms with Crippen LogP contribution in [0.3, 0.4) is 0 Å². The second-order valence-electron chi connectivity index (χ2n) is 5.47. The Bertz CT molecular complexity index is 830. The molecule has 2 aromatic carbocycles. The Morgan fingerprint density at radius 1 is 1.04 bits per heavy atom. The minimum atomic E-state index is -0.322. The lowest BCUT2D eigenvalue weighted by Gasteiger charge is -2.31. The summed E-state index contributed by atoms with van der Waals surface area (Å²) in [5, 5.41) is 14.8. The molecule has 116 valence electrons. The Kier molecular flexibility index (Phi) is 3.25. The van der Waals surface area contributed by atoms with E-state index in [4.69, 9.17) is 0 Å². The van der Waals surface area contributed by atoms with Crippen LogP contribution in [0.25, 0.3) is 0 Å². The summed E-state index contributed by atoms with van der Waals surface area (Å²) in [6, 6.07) is 12.4. The standard InChI is InChI=1S/C16H13F2N5/c17-11-7-5-10(6-8-11)14-9-15(12-3-1-2-4-13(12)18)23-16(19-14)20-21-22-23/h1-8,14-15H,9H2,(H,19,20,22)/t14-,15+/m0/s1. The minimum absolute atomic E-state index is 0.126. The fourth-order valence-corrected chi connectivity index (χ4v) is 2.96. The third kappa shape index (κ3) is 2.44. The van der Waals surface area contributed by atoms with Gasteiger partial charge < -0.3 is 5.32 Å². The number of hydrogen-bond acceptors (Lipinski definition) is 4. The SMILES string of the molecule is Fc1ccc([C@@H]2C[C@H](c3ccccc3F)n3nnnc3N2)cc1. The lowest BCUT2D eigenvalue weighted by atomic mass is 9.93. The van der Waals surface area contributed by atoms with Crippen molar-refractivity contribution in [1.29, 1.82) is 0 Å². The van der Waals surface area contributed by atoms with Gasteiger partial charge in [0.15, 0.2) is 0 Å². The van der Waals surface area contributed by atoms with Crippen molar-refractivity contribution >= 4 is 5.95 Å². The number of halogens is 2. The number of tetrazole rings is 1. The zero-order valence-corrected chi connectivity index (χ0v) is 12.0. The molecule has 2 atom stereocenters. The van der Waals surface area contributed by atoms with Crippen LogP contribution in [0.4, 0.5) is 14.7 Å². The predicted molar refractivity (Wildman–Crippen MR) is 79.7 cm³/mol. The molecule has 0 unspecified atom stereocenters. The molecule has 0 amide bonds. The molecule has 0 bridgehead atoms. The summed E-state index contributed by atoms with van der Waals surface area (Å²) < 4.78 is 28.9. The van der Waals surface area contributed by atoms with Crippen LogP contribution < -0.4 is 5.32 Å². The van der Waals surface area contributed by atoms with Crippen molar-refractivity contribution in [2.75, 3.05) is 5.32 Å². The van der Waals surface area contributed by atoms with Gasteiger partial charge in [-0.05, 0) is 40.6 Å². The third-order valence-electron chi connectivity index (χ3n) is 4.09. The molecule has 0 fully saturated rings. The van der Waals surface area contributed by atoms with Crippen LogP contribution in [-0.4, -0.2) is 20.2 Å². The van der Waals surface area contributed by atoms with Gasteiger partial charge in [-0.25, -0.2) is 13.5 Å². The molecule has 1 aliphatic heterocycles. The Morgan fingerprint density at radius 2 is 1.83 bits per heavy atom. The first-order chi connectivity index (χ1) is 11.2. The second-order valence-corrected chi connectivity index (χ2v) is 5.47. The number of hydrogen-bond donors (Lipinski definition) is 1. The Hall–Kier alpha value is -2.83. The number of nitrogens with one attached hydrogen (secondary N) is 1. The van der Waals surface area contributed by atoms with Crippen LogP contribution in [0, 0.1) is 11.6 Å². The predicted octanol–water partition coefficient (Wildman–Crippen LogP) is 3.10. The van der Waals surface area contributed by atoms with Gasteiger partial charge in [-0.2, -0.15) is 0 Å². The molecular formula is C16H13F2N5. The van der Waals surface area contributed by atoms with Crippen molar-refractivity contribution < 1.29 is 8.78 Å². The van der Waals surface area contributed by atoms with Crippen LogP contribution in [0.1, 0.15) is 29.6 Å². The maximum atomic E-state index is 14.2. The van der Waals surface area contributed by atoms with Gasteiger partial charge >= 0.3 is 0 Å². The smallest absolute Gasteiger partial charge is 0.243 e. The van der Waals surface area contributed by atoms with Crippen LogP contribution in [0.5, 0.6) is 0 Å². The van der Waals surface area contributed by atoms with Gasteiger partial charge in [0.1, 0.15) is 11.6 Å². The van der Waals surface area contributed by atoms with Gasteiger partial charge in [0.2, 0.25) is 5.95 Å². The van der Waals surface area contributed by atoms with Gasteiger partial charge in [0.25, 0.3) is 0 Å². The summed E-state index contributed by atoms with van der Waals surface area (Å²) in [6.45, 7) is 0. The normalized spacial score (nSPS) is 19.9. The first kappa shape index (κ1) is 13.8. The van der Waals surface area contributed by atoms with Crippen molar-refractivity contribution in [2.24, 2.45) is 0 Å². The molecule has 0 saturated carbocycles. The fourth-order valence-electron chi connectivity index (χ4n) is 2.96. The molecule has 1 aliphatic rings. The highest BCUT2D eigenvalue weighted by molar-refractivity contribution is 5.37. The number of benzene rings is 2. The molecule has 1 N–H and O–H groups in total. The van der Waals surface area contributed by atoms with Crippen molar-refractivity contribution in [3.63, 3.8) is 0 Å². The van der Waals surface area contributed by atoms with Crippen LogP contribution in [0.2, 0.25) is 0 Å². The molecule has 3 aromatic rings. The van der Waals surface area contributed by atoms with Gasteiger partial charge in [-0.1, -0.05) is 35.4 Å². The van der Waals surface area contributed by atoms with E-state index in [-0.39, 0.29) is 23.7 Å². The Labute approximate surface area is 130 Å². The molecule has 23 heavy (non-hydrogen) atoms. The minimum Gasteiger partial charge on any atom is -0.346 e. The van der Waals surface area contributed by atoms with Crippen molar-refractivity contribution in [3.8, 4) is 0 Å². The van der Waals surface area contributed by atoms with E-state index in [1.165, 1.54) is 18.2 Å². The molecule has 5 nitrogen and oxygen atoms in total. The fraction of sp³-hybridized carbons (Fsp3) is 0.188. The van der Waals surface area contributed by atoms with E-state index in [2.05, 4.69) is 20.8 Å². The average Bonchev–Trinajstić information content (AvgIpc) is 3.04. The Morgan fingerprint density at radius 3 is 2.61 bits per heavy atom. The summed E-state index contributed by atoms with van der Waals surface area (Å²) in [5.74, 6) is -0.113. The molecule has 0 saturated heterocycles. The zero-order chi connectivity index (χ0) is 15.8. The average molecular weight is 313 g/mol. The Balaban J connectivity index is 1.75. The van der Waals surface area contributed by atoms with Gasteiger partial charge in [-0.15, -0.1) is 0 Å². The zero-order valence-electron chi connectivity index (χ0n) is 12.0. The van der Waals surface area contributed by atoms with E-state index in [0.29, 0.717) is 17.9 Å². The van der Waals surface area contributed by atoms with Crippen LogP contribution >= 0.6 is 0 Å². The van der Waals surface area contributed by atoms with E-state index < -0.39 is 0 Å². The second kappa shape index (κ2) is 5.42. The molecule has 1 aromatic heterocycles. The van der Waals surface area contributed by atoms with Crippen molar-refractivity contribution in [2.45, 2.75) is 18.5 Å². The van der Waals surface area contributed by atoms with Gasteiger partial charge in [0.05, 0.1) is 12.1 Å². The third-order valence-corrected chi connectivity index (χ3v) is 4.09. The summed E-state index contributed by atoms with van der Waals surface area (Å²) >= 11 is 0. The van der Waals surface area contributed by atoms with E-state index in [9.17, 15) is 8.78 Å². The quantitative estimate of drug-likeness (QED) is 0.790. The lowest BCUT2D eigenvalue weighted by molar-refractivity contribution is 0.409. The maximum Gasteiger partial charge on any atom is 0.243 e. The van der Waals surface area contributed by atoms with E-state index >= 15 is 0 Å². The highest BCUT2D eigenvalue weighted by Crippen LogP contribution is 2.37. The number of anilines is 1. The largest absolute Gasteiger partial charge is 0.346 e. The summed E-state index contributed by atoms with van der Waals surface area (Å²) in [6.07, 6.45) is 0.560. The van der Waals surface area contributed by atoms with E-state index in [1.54, 1.807) is 35.0 Å². The molecule has 4 rings (SSSR count). The number of nitrogens with zero attached hydrogens (tertiary/aromatic N) is 4. The highest BCUT2D eigenvalue weighted by atomic mass is 19.1. The summed E-state index contributed by atoms with van der Waals surface area (Å²) in [7, 11) is 0. The van der Waals surface area contributed by atoms with Crippen LogP contribution in [0.15, 0.2) is 48.5 Å². The van der Waals surface area contributed by atoms with E-state index in [0.717, 1.165) is 5.56 Å². The molecular weight excluding hydrogens is 300 g/mol. The number of rotatable bonds is 2. The lowest BCUT2D eigenvalue weighted by Crippen LogP contribution is -2.28. The highest BCUT2D eigenvalue weighted by Gasteiger charge is 2.31. The topological polar surface area (TPSA) is 55.6 Å². The summed E-state index contributed by atoms with van der Waals surface area (Å²) in [4.78, 5) is 0. The molecule has 0 spiro atoms. The molecule has 0 aliphatic carbocycles. The molecule has 2 heterocycles. The van der Waals surface area contributed by atoms with Crippen molar-refractivity contribution in [1.82, 2.24) is 20.2 Å². The number of fused-ring (bicyclic) bond motifs is 1. The molecule has 0 radical (unpaired) electrons. The van der Waals surface area contributed by atoms with E-state index in [1.807, 2.05) is 0 Å². The number of aromatic nitrogens is 4. The van der Waals surface area contributed by atoms with Gasteiger partial charge in [-0.3, -0.25) is 0 Å². The first-order valence-corrected chi connectivity index (χ1v) is 7.26. The first-order valence-electron chi connectivity index (χ1n) is 7.26. The van der Waals surface area contributed by atoms with Crippen LogP contribution in [-0.2, 0) is 0 Å². The maximum absolute atomic E-state index is 14.2. The van der Waals surface area contributed by atoms with Crippen molar-refractivity contribution in [3.05, 3.63) is 71.3 Å². The summed E-state index contributed by atoms with van der Waals surface area (Å²) in [5.41, 5.74) is 1.44. The van der Waals surface area contributed by atoms with Gasteiger partial charge in [0, 0.05) is 5.56 Å². The monoisotopic (exact) mass is 313 g/mol. The molecule has 7 heteroatoms.